The smallest absolute Gasteiger partial charge is 0.131 e. The summed E-state index contributed by atoms with van der Waals surface area (Å²) in [5.74, 6) is 0.886. The van der Waals surface area contributed by atoms with E-state index in [1.165, 1.54) is 5.56 Å². The van der Waals surface area contributed by atoms with E-state index in [1.54, 1.807) is 0 Å². The van der Waals surface area contributed by atoms with Crippen molar-refractivity contribution in [3.8, 4) is 17.0 Å². The average molecular weight is 291 g/mol. The second-order valence-electron chi connectivity index (χ2n) is 6.55. The van der Waals surface area contributed by atoms with Gasteiger partial charge in [-0.2, -0.15) is 0 Å². The predicted octanol–water partition coefficient (Wildman–Crippen LogP) is 5.39. The zero-order chi connectivity index (χ0) is 15.7. The molecule has 1 aromatic heterocycles. The summed E-state index contributed by atoms with van der Waals surface area (Å²) in [5, 5.41) is 1.05. The number of pyridine rings is 1. The van der Waals surface area contributed by atoms with Crippen molar-refractivity contribution in [2.24, 2.45) is 0 Å². The number of nitrogens with zero attached hydrogens (tertiary/aromatic N) is 1. The van der Waals surface area contributed by atoms with Gasteiger partial charge in [0.1, 0.15) is 11.4 Å². The van der Waals surface area contributed by atoms with Gasteiger partial charge < -0.3 is 4.74 Å². The molecule has 22 heavy (non-hydrogen) atoms. The van der Waals surface area contributed by atoms with Gasteiger partial charge in [0.2, 0.25) is 0 Å². The highest BCUT2D eigenvalue weighted by molar-refractivity contribution is 5.88. The highest BCUT2D eigenvalue weighted by atomic mass is 16.5. The number of benzene rings is 2. The van der Waals surface area contributed by atoms with E-state index in [9.17, 15) is 0 Å². The van der Waals surface area contributed by atoms with Crippen LogP contribution in [0.4, 0.5) is 0 Å². The normalized spacial score (nSPS) is 11.6. The quantitative estimate of drug-likeness (QED) is 0.631. The van der Waals surface area contributed by atoms with E-state index in [0.717, 1.165) is 27.9 Å². The summed E-state index contributed by atoms with van der Waals surface area (Å²) in [6.07, 6.45) is 0. The molecule has 1 heterocycles. The van der Waals surface area contributed by atoms with Gasteiger partial charge in [-0.3, -0.25) is 0 Å². The molecule has 112 valence electrons. The van der Waals surface area contributed by atoms with E-state index in [1.807, 2.05) is 30.3 Å². The predicted molar refractivity (Wildman–Crippen MR) is 92.3 cm³/mol. The molecule has 0 saturated heterocycles. The first kappa shape index (κ1) is 14.6. The Hall–Kier alpha value is -2.35. The lowest BCUT2D eigenvalue weighted by molar-refractivity contribution is 0.133. The number of hydrogen-bond donors (Lipinski definition) is 0. The van der Waals surface area contributed by atoms with E-state index >= 15 is 0 Å². The first-order chi connectivity index (χ1) is 10.4. The fourth-order valence-electron chi connectivity index (χ4n) is 2.56. The van der Waals surface area contributed by atoms with Crippen LogP contribution in [0.25, 0.3) is 22.2 Å². The van der Waals surface area contributed by atoms with Crippen molar-refractivity contribution < 1.29 is 4.74 Å². The molecule has 0 N–H and O–H groups in total. The third-order valence-corrected chi connectivity index (χ3v) is 3.52. The van der Waals surface area contributed by atoms with Crippen molar-refractivity contribution in [1.29, 1.82) is 0 Å². The number of rotatable bonds is 2. The number of hydrogen-bond acceptors (Lipinski definition) is 2. The minimum atomic E-state index is -0.243. The number of aromatic nitrogens is 1. The van der Waals surface area contributed by atoms with Crippen LogP contribution in [0.3, 0.4) is 0 Å². The Balaban J connectivity index is 2.23. The molecule has 2 heteroatoms. The third-order valence-electron chi connectivity index (χ3n) is 3.52. The van der Waals surface area contributed by atoms with Gasteiger partial charge in [-0.15, -0.1) is 0 Å². The van der Waals surface area contributed by atoms with Crippen LogP contribution in [0, 0.1) is 6.92 Å². The minimum absolute atomic E-state index is 0.243. The van der Waals surface area contributed by atoms with Crippen LogP contribution < -0.4 is 4.74 Å². The second-order valence-corrected chi connectivity index (χ2v) is 6.55. The molecule has 0 aliphatic heterocycles. The zero-order valence-electron chi connectivity index (χ0n) is 13.6. The van der Waals surface area contributed by atoms with Gasteiger partial charge in [-0.25, -0.2) is 4.98 Å². The van der Waals surface area contributed by atoms with Crippen molar-refractivity contribution in [3.63, 3.8) is 0 Å². The summed E-state index contributed by atoms with van der Waals surface area (Å²) < 4.78 is 6.18. The van der Waals surface area contributed by atoms with Gasteiger partial charge in [0.05, 0.1) is 11.2 Å². The summed E-state index contributed by atoms with van der Waals surface area (Å²) in [5.41, 5.74) is 4.03. The Labute approximate surface area is 131 Å². The van der Waals surface area contributed by atoms with Gasteiger partial charge >= 0.3 is 0 Å². The van der Waals surface area contributed by atoms with E-state index < -0.39 is 0 Å². The van der Waals surface area contributed by atoms with Gasteiger partial charge in [0.25, 0.3) is 0 Å². The van der Waals surface area contributed by atoms with E-state index in [4.69, 9.17) is 9.72 Å². The first-order valence-corrected chi connectivity index (χ1v) is 7.59. The lowest BCUT2D eigenvalue weighted by Crippen LogP contribution is -2.23. The Morgan fingerprint density at radius 1 is 0.909 bits per heavy atom. The van der Waals surface area contributed by atoms with Crippen molar-refractivity contribution in [2.45, 2.75) is 33.3 Å². The van der Waals surface area contributed by atoms with Gasteiger partial charge in [-0.1, -0.05) is 36.4 Å². The molecule has 0 bridgehead atoms. The molecule has 0 atom stereocenters. The zero-order valence-corrected chi connectivity index (χ0v) is 13.6. The van der Waals surface area contributed by atoms with Crippen molar-refractivity contribution in [3.05, 3.63) is 60.2 Å². The van der Waals surface area contributed by atoms with E-state index in [-0.39, 0.29) is 5.60 Å². The topological polar surface area (TPSA) is 22.1 Å². The van der Waals surface area contributed by atoms with Crippen molar-refractivity contribution >= 4 is 10.9 Å². The highest BCUT2D eigenvalue weighted by Gasteiger charge is 2.16. The molecule has 3 aromatic rings. The molecule has 2 aromatic carbocycles. The summed E-state index contributed by atoms with van der Waals surface area (Å²) in [7, 11) is 0. The molecular weight excluding hydrogens is 270 g/mol. The van der Waals surface area contributed by atoms with Crippen LogP contribution in [-0.2, 0) is 0 Å². The number of ether oxygens (including phenoxy) is 1. The maximum absolute atomic E-state index is 6.18. The van der Waals surface area contributed by atoms with Crippen LogP contribution in [0.15, 0.2) is 54.6 Å². The monoisotopic (exact) mass is 291 g/mol. The summed E-state index contributed by atoms with van der Waals surface area (Å²) in [6, 6.07) is 18.5. The standard InChI is InChI=1S/C20H21NO/c1-14-9-5-6-10-15(14)18-13-19(22-20(2,3)4)16-11-7-8-12-17(16)21-18/h5-13H,1-4H3. The molecule has 0 fully saturated rings. The van der Waals surface area contributed by atoms with E-state index in [0.29, 0.717) is 0 Å². The first-order valence-electron chi connectivity index (χ1n) is 7.59. The third kappa shape index (κ3) is 2.96. The Morgan fingerprint density at radius 2 is 1.59 bits per heavy atom. The summed E-state index contributed by atoms with van der Waals surface area (Å²) >= 11 is 0. The van der Waals surface area contributed by atoms with Gasteiger partial charge in [0.15, 0.2) is 0 Å². The largest absolute Gasteiger partial charge is 0.487 e. The fraction of sp³-hybridized carbons (Fsp3) is 0.250. The Kier molecular flexibility index (Phi) is 3.61. The second kappa shape index (κ2) is 5.45. The van der Waals surface area contributed by atoms with Gasteiger partial charge in [-0.05, 0) is 45.4 Å². The maximum atomic E-state index is 6.18. The SMILES string of the molecule is Cc1ccccc1-c1cc(OC(C)(C)C)c2ccccc2n1. The molecule has 0 spiro atoms. The maximum Gasteiger partial charge on any atom is 0.131 e. The minimum Gasteiger partial charge on any atom is -0.487 e. The number of fused-ring (bicyclic) bond motifs is 1. The molecule has 0 unspecified atom stereocenters. The highest BCUT2D eigenvalue weighted by Crippen LogP contribution is 2.33. The lowest BCUT2D eigenvalue weighted by atomic mass is 10.0. The van der Waals surface area contributed by atoms with Crippen LogP contribution in [0.5, 0.6) is 5.75 Å². The number of para-hydroxylation sites is 1. The lowest BCUT2D eigenvalue weighted by Gasteiger charge is -2.23. The number of aryl methyl sites for hydroxylation is 1. The van der Waals surface area contributed by atoms with Crippen molar-refractivity contribution in [2.75, 3.05) is 0 Å². The summed E-state index contributed by atoms with van der Waals surface area (Å²) in [4.78, 5) is 4.82. The molecular formula is C20H21NO. The molecule has 0 radical (unpaired) electrons. The molecule has 0 saturated carbocycles. The van der Waals surface area contributed by atoms with Crippen LogP contribution in [-0.4, -0.2) is 10.6 Å². The Morgan fingerprint density at radius 3 is 2.32 bits per heavy atom. The van der Waals surface area contributed by atoms with Gasteiger partial charge in [0, 0.05) is 17.0 Å². The summed E-state index contributed by atoms with van der Waals surface area (Å²) in [6.45, 7) is 8.30. The van der Waals surface area contributed by atoms with E-state index in [2.05, 4.69) is 52.0 Å². The fourth-order valence-corrected chi connectivity index (χ4v) is 2.56. The molecule has 3 rings (SSSR count). The van der Waals surface area contributed by atoms with Crippen molar-refractivity contribution in [1.82, 2.24) is 4.98 Å². The van der Waals surface area contributed by atoms with Crippen LogP contribution >= 0.6 is 0 Å². The average Bonchev–Trinajstić information content (AvgIpc) is 2.46. The molecule has 0 aliphatic rings. The molecule has 0 amide bonds. The van der Waals surface area contributed by atoms with Crippen LogP contribution in [0.2, 0.25) is 0 Å². The Bertz CT molecular complexity index is 815. The molecule has 2 nitrogen and oxygen atoms in total. The molecule has 0 aliphatic carbocycles. The van der Waals surface area contributed by atoms with Crippen LogP contribution in [0.1, 0.15) is 26.3 Å².